The van der Waals surface area contributed by atoms with Gasteiger partial charge in [0.15, 0.2) is 12.2 Å². The predicted molar refractivity (Wildman–Crippen MR) is 363 cm³/mol. The first-order chi connectivity index (χ1) is 43.5. The largest absolute Gasteiger partial charge is 0.472 e. The molecule has 0 heterocycles. The van der Waals surface area contributed by atoms with Crippen LogP contribution in [-0.4, -0.2) is 96.7 Å². The number of hydrogen-bond acceptors (Lipinski definition) is 15. The second-order valence-corrected chi connectivity index (χ2v) is 29.0. The quantitative estimate of drug-likeness (QED) is 0.0222. The molecule has 90 heavy (non-hydrogen) atoms. The van der Waals surface area contributed by atoms with Crippen molar-refractivity contribution in [2.75, 3.05) is 39.6 Å². The molecule has 0 amide bonds. The van der Waals surface area contributed by atoms with Gasteiger partial charge < -0.3 is 33.8 Å². The zero-order chi connectivity index (χ0) is 66.3. The Balaban J connectivity index is 5.21. The van der Waals surface area contributed by atoms with Crippen LogP contribution in [0.1, 0.15) is 369 Å². The minimum atomic E-state index is -4.95. The summed E-state index contributed by atoms with van der Waals surface area (Å²) in [6, 6.07) is 0. The van der Waals surface area contributed by atoms with Gasteiger partial charge in [-0.25, -0.2) is 9.13 Å². The fraction of sp³-hybridized carbons (Fsp3) is 0.944. The second kappa shape index (κ2) is 64.4. The maximum absolute atomic E-state index is 13.0. The predicted octanol–water partition coefficient (Wildman–Crippen LogP) is 20.5. The van der Waals surface area contributed by atoms with E-state index in [4.69, 9.17) is 37.0 Å². The fourth-order valence-electron chi connectivity index (χ4n) is 10.8. The maximum atomic E-state index is 13.0. The molecule has 0 rings (SSSR count). The molecule has 5 atom stereocenters. The Morgan fingerprint density at radius 3 is 0.756 bits per heavy atom. The van der Waals surface area contributed by atoms with Gasteiger partial charge in [-0.2, -0.15) is 0 Å². The van der Waals surface area contributed by atoms with Gasteiger partial charge in [-0.3, -0.25) is 37.3 Å². The molecule has 0 aromatic carbocycles. The van der Waals surface area contributed by atoms with Crippen molar-refractivity contribution in [2.24, 2.45) is 5.92 Å². The lowest BCUT2D eigenvalue weighted by Gasteiger charge is -2.21. The van der Waals surface area contributed by atoms with Crippen LogP contribution < -0.4 is 0 Å². The van der Waals surface area contributed by atoms with Crippen molar-refractivity contribution in [3.05, 3.63) is 0 Å². The molecule has 534 valence electrons. The standard InChI is InChI=1S/C71H138O17P2/c1-6-9-12-15-18-21-23-25-26-27-28-30-32-36-41-46-51-56-70(75)87-67(61-82-69(74)55-50-45-40-35-31-29-24-22-19-16-13-10-7-2)63-86-90(79,80)84-59-65(72)58-83-89(77,78)85-62-66(60-81-68(73)54-49-44-39-20-17-14-11-8-3)88-71(76)57-52-47-42-37-33-34-38-43-48-53-64(4)5/h64-67,72H,6-63H2,1-5H3,(H,77,78)(H,79,80)/t65-,66+,67+/m0/s1. The first-order valence-electron chi connectivity index (χ1n) is 37.1. The average molecular weight is 1330 g/mol. The minimum absolute atomic E-state index is 0.105. The Hall–Kier alpha value is -1.94. The lowest BCUT2D eigenvalue weighted by molar-refractivity contribution is -0.161. The molecule has 0 aliphatic carbocycles. The minimum Gasteiger partial charge on any atom is -0.462 e. The van der Waals surface area contributed by atoms with Crippen LogP contribution in [0.4, 0.5) is 0 Å². The number of aliphatic hydroxyl groups excluding tert-OH is 1. The molecule has 2 unspecified atom stereocenters. The van der Waals surface area contributed by atoms with Crippen LogP contribution >= 0.6 is 15.6 Å². The third kappa shape index (κ3) is 64.8. The number of phosphoric ester groups is 2. The summed E-state index contributed by atoms with van der Waals surface area (Å²) in [5, 5.41) is 10.6. The highest BCUT2D eigenvalue weighted by atomic mass is 31.2. The van der Waals surface area contributed by atoms with Crippen LogP contribution in [0.15, 0.2) is 0 Å². The van der Waals surface area contributed by atoms with Gasteiger partial charge in [-0.1, -0.05) is 317 Å². The Morgan fingerprint density at radius 2 is 0.511 bits per heavy atom. The summed E-state index contributed by atoms with van der Waals surface area (Å²) in [4.78, 5) is 72.5. The normalized spacial score (nSPS) is 14.1. The van der Waals surface area contributed by atoms with Crippen molar-refractivity contribution in [3.8, 4) is 0 Å². The molecule has 0 aromatic rings. The zero-order valence-electron chi connectivity index (χ0n) is 58.3. The molecule has 0 aliphatic heterocycles. The number of esters is 4. The monoisotopic (exact) mass is 1320 g/mol. The third-order valence-electron chi connectivity index (χ3n) is 16.5. The molecule has 0 aromatic heterocycles. The highest BCUT2D eigenvalue weighted by Gasteiger charge is 2.30. The molecule has 0 aliphatic rings. The first kappa shape index (κ1) is 88.1. The third-order valence-corrected chi connectivity index (χ3v) is 18.4. The molecular formula is C71H138O17P2. The molecule has 17 nitrogen and oxygen atoms in total. The second-order valence-electron chi connectivity index (χ2n) is 26.1. The lowest BCUT2D eigenvalue weighted by atomic mass is 10.0. The number of hydrogen-bond donors (Lipinski definition) is 3. The number of carbonyl (C=O) groups is 4. The van der Waals surface area contributed by atoms with Gasteiger partial charge in [0.25, 0.3) is 0 Å². The fourth-order valence-corrected chi connectivity index (χ4v) is 12.4. The Morgan fingerprint density at radius 1 is 0.300 bits per heavy atom. The summed E-state index contributed by atoms with van der Waals surface area (Å²) in [6.45, 7) is 7.21. The van der Waals surface area contributed by atoms with E-state index in [2.05, 4.69) is 34.6 Å². The Labute approximate surface area is 549 Å². The van der Waals surface area contributed by atoms with Crippen LogP contribution in [0.2, 0.25) is 0 Å². The van der Waals surface area contributed by atoms with Gasteiger partial charge in [0.05, 0.1) is 26.4 Å². The summed E-state index contributed by atoms with van der Waals surface area (Å²) in [6.07, 6.45) is 51.3. The van der Waals surface area contributed by atoms with Gasteiger partial charge in [0.2, 0.25) is 0 Å². The van der Waals surface area contributed by atoms with E-state index in [0.29, 0.717) is 25.7 Å². The highest BCUT2D eigenvalue weighted by molar-refractivity contribution is 7.47. The summed E-state index contributed by atoms with van der Waals surface area (Å²) < 4.78 is 68.3. The molecule has 0 radical (unpaired) electrons. The highest BCUT2D eigenvalue weighted by Crippen LogP contribution is 2.45. The van der Waals surface area contributed by atoms with E-state index in [9.17, 15) is 43.2 Å². The summed E-state index contributed by atoms with van der Waals surface area (Å²) in [5.41, 5.74) is 0. The SMILES string of the molecule is CCCCCCCCCCCCCCCCCCCC(=O)O[C@H](COC(=O)CCCCCCCCCCCCCCC)COP(=O)(O)OC[C@@H](O)COP(=O)(O)OC[C@@H](COC(=O)CCCCCCCCCC)OC(=O)CCCCCCCCCCCC(C)C. The number of phosphoric acid groups is 2. The number of rotatable bonds is 71. The molecule has 19 heteroatoms. The van der Waals surface area contributed by atoms with Crippen LogP contribution in [0, 0.1) is 5.92 Å². The van der Waals surface area contributed by atoms with Crippen LogP contribution in [-0.2, 0) is 65.4 Å². The van der Waals surface area contributed by atoms with Crippen molar-refractivity contribution in [1.29, 1.82) is 0 Å². The zero-order valence-corrected chi connectivity index (χ0v) is 60.1. The summed E-state index contributed by atoms with van der Waals surface area (Å²) >= 11 is 0. The Bertz CT molecular complexity index is 1740. The number of carbonyl (C=O) groups excluding carboxylic acids is 4. The van der Waals surface area contributed by atoms with Crippen molar-refractivity contribution in [2.45, 2.75) is 387 Å². The molecule has 0 saturated heterocycles. The van der Waals surface area contributed by atoms with E-state index in [1.165, 1.54) is 186 Å². The topological polar surface area (TPSA) is 237 Å². The van der Waals surface area contributed by atoms with E-state index in [-0.39, 0.29) is 25.7 Å². The molecule has 3 N–H and O–H groups in total. The van der Waals surface area contributed by atoms with E-state index in [1.807, 2.05) is 0 Å². The average Bonchev–Trinajstić information content (AvgIpc) is 3.64. The smallest absolute Gasteiger partial charge is 0.462 e. The van der Waals surface area contributed by atoms with Crippen LogP contribution in [0.5, 0.6) is 0 Å². The van der Waals surface area contributed by atoms with Gasteiger partial charge in [0, 0.05) is 25.7 Å². The Kier molecular flexibility index (Phi) is 63.0. The molecule has 0 spiro atoms. The van der Waals surface area contributed by atoms with E-state index in [0.717, 1.165) is 102 Å². The first-order valence-corrected chi connectivity index (χ1v) is 40.1. The van der Waals surface area contributed by atoms with Gasteiger partial charge in [-0.15, -0.1) is 0 Å². The van der Waals surface area contributed by atoms with Gasteiger partial charge in [0.1, 0.15) is 19.3 Å². The molecule has 0 saturated carbocycles. The molecule has 0 bridgehead atoms. The maximum Gasteiger partial charge on any atom is 0.472 e. The number of aliphatic hydroxyl groups is 1. The summed E-state index contributed by atoms with van der Waals surface area (Å²) in [5.74, 6) is -1.39. The van der Waals surface area contributed by atoms with Crippen molar-refractivity contribution < 1.29 is 80.2 Å². The van der Waals surface area contributed by atoms with Crippen molar-refractivity contribution in [1.82, 2.24) is 0 Å². The molecule has 0 fully saturated rings. The van der Waals surface area contributed by atoms with E-state index < -0.39 is 97.5 Å². The van der Waals surface area contributed by atoms with Crippen LogP contribution in [0.25, 0.3) is 0 Å². The van der Waals surface area contributed by atoms with E-state index in [1.54, 1.807) is 0 Å². The molecular weight excluding hydrogens is 1190 g/mol. The summed E-state index contributed by atoms with van der Waals surface area (Å²) in [7, 11) is -9.90. The van der Waals surface area contributed by atoms with Gasteiger partial charge in [-0.05, 0) is 31.6 Å². The number of ether oxygens (including phenoxy) is 4. The van der Waals surface area contributed by atoms with Crippen LogP contribution in [0.3, 0.4) is 0 Å². The van der Waals surface area contributed by atoms with E-state index >= 15 is 0 Å². The van der Waals surface area contributed by atoms with Crippen molar-refractivity contribution >= 4 is 39.5 Å². The lowest BCUT2D eigenvalue weighted by Crippen LogP contribution is -2.30. The number of unbranched alkanes of at least 4 members (excludes halogenated alkanes) is 43. The van der Waals surface area contributed by atoms with Crippen molar-refractivity contribution in [3.63, 3.8) is 0 Å². The van der Waals surface area contributed by atoms with Gasteiger partial charge >= 0.3 is 39.5 Å².